The summed E-state index contributed by atoms with van der Waals surface area (Å²) in [4.78, 5) is 0. The molecule has 0 aromatic heterocycles. The van der Waals surface area contributed by atoms with Crippen LogP contribution in [0.4, 0.5) is 0 Å². The second-order valence-corrected chi connectivity index (χ2v) is 5.33. The molecule has 1 saturated heterocycles. The molecule has 2 heteroatoms. The third kappa shape index (κ3) is 3.60. The number of hydrogen-bond acceptors (Lipinski definition) is 0. The first-order valence-electron chi connectivity index (χ1n) is 5.16. The van der Waals surface area contributed by atoms with E-state index in [1.165, 1.54) is 60.6 Å². The quantitative estimate of drug-likeness (QED) is 0.322. The van der Waals surface area contributed by atoms with Gasteiger partial charge in [0.25, 0.3) is 0 Å². The molecule has 0 saturated carbocycles. The van der Waals surface area contributed by atoms with Crippen LogP contribution in [-0.4, -0.2) is 35.6 Å². The lowest BCUT2D eigenvalue weighted by Gasteiger charge is -2.37. The fourth-order valence-electron chi connectivity index (χ4n) is 2.09. The summed E-state index contributed by atoms with van der Waals surface area (Å²) in [6.45, 7) is 4.28. The average molecular weight is 282 g/mol. The molecule has 0 aliphatic carbocycles. The lowest BCUT2D eigenvalue weighted by molar-refractivity contribution is -0.914. The topological polar surface area (TPSA) is 0 Å². The van der Waals surface area contributed by atoms with Crippen LogP contribution in [-0.2, 0) is 0 Å². The highest BCUT2D eigenvalue weighted by atomic mass is 127. The molecular formula is C10H21IN+. The lowest BCUT2D eigenvalue weighted by Crippen LogP contribution is -2.48. The Kier molecular flexibility index (Phi) is 4.87. The van der Waals surface area contributed by atoms with E-state index in [1.54, 1.807) is 0 Å². The second-order valence-electron chi connectivity index (χ2n) is 4.25. The highest BCUT2D eigenvalue weighted by Gasteiger charge is 2.23. The third-order valence-corrected chi connectivity index (χ3v) is 3.74. The Labute approximate surface area is 90.2 Å². The summed E-state index contributed by atoms with van der Waals surface area (Å²) >= 11 is 2.48. The zero-order valence-electron chi connectivity index (χ0n) is 8.19. The van der Waals surface area contributed by atoms with Crippen LogP contribution in [0.1, 0.15) is 32.1 Å². The average Bonchev–Trinajstić information content (AvgIpc) is 2.06. The molecule has 0 aromatic rings. The smallest absolute Gasteiger partial charge is 0.0784 e. The first-order valence-corrected chi connectivity index (χ1v) is 6.69. The lowest BCUT2D eigenvalue weighted by atomic mass is 10.1. The number of unbranched alkanes of at least 4 members (excludes halogenated alkanes) is 1. The first-order chi connectivity index (χ1) is 5.77. The number of piperidine rings is 1. The molecule has 0 aromatic carbocycles. The summed E-state index contributed by atoms with van der Waals surface area (Å²) in [6, 6.07) is 0. The van der Waals surface area contributed by atoms with Crippen LogP contribution in [0.2, 0.25) is 0 Å². The van der Waals surface area contributed by atoms with Gasteiger partial charge in [0, 0.05) is 0 Å². The van der Waals surface area contributed by atoms with E-state index in [2.05, 4.69) is 29.6 Å². The van der Waals surface area contributed by atoms with Crippen LogP contribution in [0.15, 0.2) is 0 Å². The van der Waals surface area contributed by atoms with Crippen molar-refractivity contribution in [3.05, 3.63) is 0 Å². The maximum absolute atomic E-state index is 2.48. The van der Waals surface area contributed by atoms with Crippen molar-refractivity contribution in [3.63, 3.8) is 0 Å². The van der Waals surface area contributed by atoms with E-state index in [-0.39, 0.29) is 0 Å². The monoisotopic (exact) mass is 282 g/mol. The minimum atomic E-state index is 1.33. The maximum Gasteiger partial charge on any atom is 0.0784 e. The minimum Gasteiger partial charge on any atom is -0.326 e. The van der Waals surface area contributed by atoms with E-state index in [9.17, 15) is 0 Å². The Balaban J connectivity index is 2.17. The molecule has 0 unspecified atom stereocenters. The van der Waals surface area contributed by atoms with Gasteiger partial charge in [-0.05, 0) is 36.5 Å². The standard InChI is InChI=1S/C10H21IN/c1-12(10-6-3-7-11)8-4-2-5-9-12/h2-10H2,1H3/q+1. The predicted octanol–water partition coefficient (Wildman–Crippen LogP) is 2.83. The second kappa shape index (κ2) is 5.43. The number of hydrogen-bond donors (Lipinski definition) is 0. The van der Waals surface area contributed by atoms with Crippen LogP contribution in [0.5, 0.6) is 0 Å². The van der Waals surface area contributed by atoms with Crippen LogP contribution in [0.25, 0.3) is 0 Å². The van der Waals surface area contributed by atoms with Crippen LogP contribution in [0.3, 0.4) is 0 Å². The normalized spacial score (nSPS) is 22.5. The van der Waals surface area contributed by atoms with Crippen molar-refractivity contribution in [2.75, 3.05) is 31.1 Å². The van der Waals surface area contributed by atoms with Gasteiger partial charge in [0.15, 0.2) is 0 Å². The fraction of sp³-hybridized carbons (Fsp3) is 1.00. The molecule has 72 valence electrons. The summed E-state index contributed by atoms with van der Waals surface area (Å²) in [5, 5.41) is 0. The molecule has 0 bridgehead atoms. The Hall–Kier alpha value is 0.690. The van der Waals surface area contributed by atoms with Gasteiger partial charge in [0.1, 0.15) is 0 Å². The summed E-state index contributed by atoms with van der Waals surface area (Å²) < 4.78 is 2.69. The highest BCUT2D eigenvalue weighted by Crippen LogP contribution is 2.17. The molecule has 1 fully saturated rings. The molecule has 0 N–H and O–H groups in total. The summed E-state index contributed by atoms with van der Waals surface area (Å²) in [7, 11) is 2.44. The van der Waals surface area contributed by atoms with Gasteiger partial charge in [-0.3, -0.25) is 0 Å². The third-order valence-electron chi connectivity index (χ3n) is 2.98. The van der Waals surface area contributed by atoms with Crippen molar-refractivity contribution in [2.45, 2.75) is 32.1 Å². The molecule has 0 atom stereocenters. The molecule has 1 aliphatic rings. The Bertz CT molecular complexity index is 119. The van der Waals surface area contributed by atoms with Crippen LogP contribution >= 0.6 is 22.6 Å². The SMILES string of the molecule is C[N+]1(CCCCI)CCCCC1. The number of alkyl halides is 1. The van der Waals surface area contributed by atoms with E-state index >= 15 is 0 Å². The van der Waals surface area contributed by atoms with Crippen molar-refractivity contribution in [1.29, 1.82) is 0 Å². The fourth-order valence-corrected chi connectivity index (χ4v) is 2.63. The molecule has 0 spiro atoms. The van der Waals surface area contributed by atoms with Crippen molar-refractivity contribution in [1.82, 2.24) is 0 Å². The summed E-state index contributed by atoms with van der Waals surface area (Å²) in [5.41, 5.74) is 0. The zero-order chi connectivity index (χ0) is 8.86. The predicted molar refractivity (Wildman–Crippen MR) is 62.8 cm³/mol. The molecule has 1 nitrogen and oxygen atoms in total. The van der Waals surface area contributed by atoms with Gasteiger partial charge in [-0.25, -0.2) is 0 Å². The van der Waals surface area contributed by atoms with Crippen molar-refractivity contribution >= 4 is 22.6 Å². The van der Waals surface area contributed by atoms with Crippen molar-refractivity contribution in [2.24, 2.45) is 0 Å². The molecule has 0 radical (unpaired) electrons. The van der Waals surface area contributed by atoms with Crippen LogP contribution < -0.4 is 0 Å². The van der Waals surface area contributed by atoms with Crippen molar-refractivity contribution in [3.8, 4) is 0 Å². The Morgan fingerprint density at radius 3 is 2.33 bits per heavy atom. The molecule has 1 rings (SSSR count). The largest absolute Gasteiger partial charge is 0.326 e. The van der Waals surface area contributed by atoms with E-state index < -0.39 is 0 Å². The zero-order valence-corrected chi connectivity index (χ0v) is 10.3. The molecule has 12 heavy (non-hydrogen) atoms. The van der Waals surface area contributed by atoms with E-state index in [4.69, 9.17) is 0 Å². The van der Waals surface area contributed by atoms with Crippen molar-refractivity contribution < 1.29 is 4.48 Å². The summed E-state index contributed by atoms with van der Waals surface area (Å²) in [6.07, 6.45) is 7.23. The molecule has 1 heterocycles. The Morgan fingerprint density at radius 1 is 1.08 bits per heavy atom. The number of halogens is 1. The van der Waals surface area contributed by atoms with E-state index in [0.29, 0.717) is 0 Å². The number of rotatable bonds is 4. The van der Waals surface area contributed by atoms with Gasteiger partial charge in [-0.2, -0.15) is 0 Å². The van der Waals surface area contributed by atoms with E-state index in [1.807, 2.05) is 0 Å². The van der Waals surface area contributed by atoms with Gasteiger partial charge in [0.05, 0.1) is 26.7 Å². The molecule has 1 aliphatic heterocycles. The van der Waals surface area contributed by atoms with Gasteiger partial charge >= 0.3 is 0 Å². The molecular weight excluding hydrogens is 261 g/mol. The van der Waals surface area contributed by atoms with Gasteiger partial charge in [-0.15, -0.1) is 0 Å². The number of quaternary nitrogens is 1. The van der Waals surface area contributed by atoms with Gasteiger partial charge < -0.3 is 4.48 Å². The maximum atomic E-state index is 2.48. The number of likely N-dealkylation sites (tertiary alicyclic amines) is 1. The highest BCUT2D eigenvalue weighted by molar-refractivity contribution is 14.1. The molecule has 0 amide bonds. The Morgan fingerprint density at radius 2 is 1.75 bits per heavy atom. The van der Waals surface area contributed by atoms with E-state index in [0.717, 1.165) is 0 Å². The van der Waals surface area contributed by atoms with Gasteiger partial charge in [-0.1, -0.05) is 22.6 Å². The summed E-state index contributed by atoms with van der Waals surface area (Å²) in [5.74, 6) is 0. The number of nitrogens with zero attached hydrogens (tertiary/aromatic N) is 1. The van der Waals surface area contributed by atoms with Crippen LogP contribution in [0, 0.1) is 0 Å². The van der Waals surface area contributed by atoms with Gasteiger partial charge in [0.2, 0.25) is 0 Å². The first kappa shape index (κ1) is 10.8. The minimum absolute atomic E-state index is 1.33.